The highest BCUT2D eigenvalue weighted by atomic mass is 16.5. The van der Waals surface area contributed by atoms with E-state index in [1.54, 1.807) is 6.92 Å². The van der Waals surface area contributed by atoms with Crippen molar-refractivity contribution in [1.82, 2.24) is 10.3 Å². The van der Waals surface area contributed by atoms with Crippen LogP contribution < -0.4 is 15.5 Å². The van der Waals surface area contributed by atoms with Crippen molar-refractivity contribution < 1.29 is 14.3 Å². The first-order valence-corrected chi connectivity index (χ1v) is 11.9. The highest BCUT2D eigenvalue weighted by molar-refractivity contribution is 5.98. The van der Waals surface area contributed by atoms with E-state index in [0.717, 1.165) is 42.0 Å². The summed E-state index contributed by atoms with van der Waals surface area (Å²) in [6.45, 7) is 9.20. The lowest BCUT2D eigenvalue weighted by molar-refractivity contribution is -0.117. The summed E-state index contributed by atoms with van der Waals surface area (Å²) >= 11 is 0. The molecule has 2 aliphatic rings. The molecular weight excluding hydrogens is 416 g/mol. The smallest absolute Gasteiger partial charge is 0.251 e. The summed E-state index contributed by atoms with van der Waals surface area (Å²) in [7, 11) is 0. The number of anilines is 2. The monoisotopic (exact) mass is 450 g/mol. The molecule has 3 atom stereocenters. The van der Waals surface area contributed by atoms with Crippen LogP contribution in [-0.2, 0) is 9.53 Å². The molecule has 0 unspecified atom stereocenters. The van der Waals surface area contributed by atoms with Crippen molar-refractivity contribution in [3.63, 3.8) is 0 Å². The van der Waals surface area contributed by atoms with Crippen LogP contribution in [0.3, 0.4) is 0 Å². The van der Waals surface area contributed by atoms with Crippen LogP contribution in [0.4, 0.5) is 11.5 Å². The molecule has 0 spiro atoms. The van der Waals surface area contributed by atoms with Crippen LogP contribution in [0.2, 0.25) is 0 Å². The van der Waals surface area contributed by atoms with Gasteiger partial charge in [-0.3, -0.25) is 9.59 Å². The SMILES string of the molecule is CC[C@H]1[C@H](C)[C@@H](Nc2cccc(C)n2)c2cc(C(=O)NC3CCOCC3)ccc2N1C(C)=O. The quantitative estimate of drug-likeness (QED) is 0.712. The third-order valence-corrected chi connectivity index (χ3v) is 6.85. The summed E-state index contributed by atoms with van der Waals surface area (Å²) < 4.78 is 5.40. The molecule has 2 aromatic rings. The van der Waals surface area contributed by atoms with Gasteiger partial charge in [0.15, 0.2) is 0 Å². The van der Waals surface area contributed by atoms with Gasteiger partial charge in [-0.2, -0.15) is 0 Å². The third-order valence-electron chi connectivity index (χ3n) is 6.85. The number of amides is 2. The largest absolute Gasteiger partial charge is 0.381 e. The number of aryl methyl sites for hydroxylation is 1. The van der Waals surface area contributed by atoms with Crippen LogP contribution in [0.15, 0.2) is 36.4 Å². The fraction of sp³-hybridized carbons (Fsp3) is 0.500. The topological polar surface area (TPSA) is 83.6 Å². The molecule has 1 aromatic carbocycles. The molecule has 2 amide bonds. The highest BCUT2D eigenvalue weighted by Gasteiger charge is 2.40. The Morgan fingerprint density at radius 1 is 1.18 bits per heavy atom. The highest BCUT2D eigenvalue weighted by Crippen LogP contribution is 2.43. The Hall–Kier alpha value is -2.93. The van der Waals surface area contributed by atoms with E-state index in [1.165, 1.54) is 0 Å². The van der Waals surface area contributed by atoms with Crippen molar-refractivity contribution in [2.45, 2.75) is 65.1 Å². The van der Waals surface area contributed by atoms with Gasteiger partial charge < -0.3 is 20.3 Å². The average molecular weight is 451 g/mol. The van der Waals surface area contributed by atoms with E-state index in [9.17, 15) is 9.59 Å². The minimum Gasteiger partial charge on any atom is -0.381 e. The zero-order valence-corrected chi connectivity index (χ0v) is 19.9. The van der Waals surface area contributed by atoms with Crippen molar-refractivity contribution in [3.05, 3.63) is 53.2 Å². The molecule has 0 bridgehead atoms. The van der Waals surface area contributed by atoms with Crippen LogP contribution in [0.1, 0.15) is 67.7 Å². The number of benzene rings is 1. The summed E-state index contributed by atoms with van der Waals surface area (Å²) in [5.74, 6) is 0.849. The fourth-order valence-electron chi connectivity index (χ4n) is 5.14. The van der Waals surface area contributed by atoms with Gasteiger partial charge in [0.25, 0.3) is 5.91 Å². The normalized spacial score (nSPS) is 23.0. The summed E-state index contributed by atoms with van der Waals surface area (Å²) in [5.41, 5.74) is 3.35. The molecule has 33 heavy (non-hydrogen) atoms. The fourth-order valence-corrected chi connectivity index (χ4v) is 5.14. The first-order valence-electron chi connectivity index (χ1n) is 11.9. The molecule has 1 fully saturated rings. The Morgan fingerprint density at radius 2 is 1.94 bits per heavy atom. The minimum absolute atomic E-state index is 0.0153. The van der Waals surface area contributed by atoms with E-state index in [0.29, 0.717) is 18.8 Å². The molecule has 1 aromatic heterocycles. The minimum atomic E-state index is -0.0863. The zero-order valence-electron chi connectivity index (χ0n) is 19.9. The summed E-state index contributed by atoms with van der Waals surface area (Å²) in [4.78, 5) is 32.3. The number of rotatable bonds is 5. The lowest BCUT2D eigenvalue weighted by Crippen LogP contribution is -2.49. The lowest BCUT2D eigenvalue weighted by atomic mass is 9.80. The van der Waals surface area contributed by atoms with Crippen LogP contribution in [0, 0.1) is 12.8 Å². The molecule has 7 nitrogen and oxygen atoms in total. The first kappa shape index (κ1) is 23.2. The standard InChI is InChI=1S/C26H34N4O3/c1-5-22-17(3)25(29-24-8-6-7-16(2)27-24)21-15-19(9-10-23(21)30(22)18(4)31)26(32)28-20-11-13-33-14-12-20/h6-10,15,17,20,22,25H,5,11-14H2,1-4H3,(H,27,29)(H,28,32)/t17-,22-,25+/m0/s1. The van der Waals surface area contributed by atoms with Gasteiger partial charge in [-0.1, -0.05) is 19.9 Å². The lowest BCUT2D eigenvalue weighted by Gasteiger charge is -2.45. The molecule has 2 N–H and O–H groups in total. The van der Waals surface area contributed by atoms with Crippen molar-refractivity contribution in [2.24, 2.45) is 5.92 Å². The van der Waals surface area contributed by atoms with E-state index in [1.807, 2.05) is 48.2 Å². The van der Waals surface area contributed by atoms with Gasteiger partial charge in [-0.15, -0.1) is 0 Å². The second kappa shape index (κ2) is 9.91. The number of aromatic nitrogens is 1. The number of hydrogen-bond acceptors (Lipinski definition) is 5. The number of carbonyl (C=O) groups excluding carboxylic acids is 2. The van der Waals surface area contributed by atoms with Crippen LogP contribution in [0.25, 0.3) is 0 Å². The molecule has 0 aliphatic carbocycles. The van der Waals surface area contributed by atoms with E-state index in [4.69, 9.17) is 4.74 Å². The predicted octanol–water partition coefficient (Wildman–Crippen LogP) is 4.23. The molecule has 176 valence electrons. The Morgan fingerprint density at radius 3 is 2.61 bits per heavy atom. The Bertz CT molecular complexity index is 1020. The van der Waals surface area contributed by atoms with Crippen molar-refractivity contribution >= 4 is 23.3 Å². The Kier molecular flexibility index (Phi) is 6.98. The van der Waals surface area contributed by atoms with Crippen molar-refractivity contribution in [3.8, 4) is 0 Å². The summed E-state index contributed by atoms with van der Waals surface area (Å²) in [6.07, 6.45) is 2.49. The zero-order chi connectivity index (χ0) is 23.5. The average Bonchev–Trinajstić information content (AvgIpc) is 2.80. The maximum absolute atomic E-state index is 13.1. The number of nitrogens with one attached hydrogen (secondary N) is 2. The summed E-state index contributed by atoms with van der Waals surface area (Å²) in [6, 6.07) is 11.7. The molecular formula is C26H34N4O3. The Balaban J connectivity index is 1.71. The van der Waals surface area contributed by atoms with Gasteiger partial charge in [0.2, 0.25) is 5.91 Å². The number of fused-ring (bicyclic) bond motifs is 1. The molecule has 2 aliphatic heterocycles. The van der Waals surface area contributed by atoms with E-state index < -0.39 is 0 Å². The van der Waals surface area contributed by atoms with Crippen LogP contribution in [-0.4, -0.2) is 42.1 Å². The van der Waals surface area contributed by atoms with Crippen molar-refractivity contribution in [1.29, 1.82) is 0 Å². The second-order valence-electron chi connectivity index (χ2n) is 9.14. The maximum atomic E-state index is 13.1. The van der Waals surface area contributed by atoms with Gasteiger partial charge in [-0.25, -0.2) is 4.98 Å². The Labute approximate surface area is 195 Å². The number of pyridine rings is 1. The molecule has 0 radical (unpaired) electrons. The third kappa shape index (κ3) is 4.88. The van der Waals surface area contributed by atoms with E-state index in [2.05, 4.69) is 29.5 Å². The second-order valence-corrected chi connectivity index (χ2v) is 9.14. The van der Waals surface area contributed by atoms with Gasteiger partial charge in [-0.05, 0) is 62.1 Å². The number of nitrogens with zero attached hydrogens (tertiary/aromatic N) is 2. The van der Waals surface area contributed by atoms with Crippen LogP contribution in [0.5, 0.6) is 0 Å². The predicted molar refractivity (Wildman–Crippen MR) is 129 cm³/mol. The first-order chi connectivity index (χ1) is 15.9. The van der Waals surface area contributed by atoms with E-state index >= 15 is 0 Å². The number of hydrogen-bond donors (Lipinski definition) is 2. The van der Waals surface area contributed by atoms with Crippen LogP contribution >= 0.6 is 0 Å². The van der Waals surface area contributed by atoms with Gasteiger partial charge in [0, 0.05) is 55.1 Å². The number of carbonyl (C=O) groups is 2. The number of ether oxygens (including phenoxy) is 1. The molecule has 7 heteroatoms. The van der Waals surface area contributed by atoms with Gasteiger partial charge in [0.1, 0.15) is 5.82 Å². The molecule has 3 heterocycles. The van der Waals surface area contributed by atoms with Gasteiger partial charge in [0.05, 0.1) is 6.04 Å². The molecule has 0 saturated carbocycles. The molecule has 1 saturated heterocycles. The maximum Gasteiger partial charge on any atom is 0.251 e. The van der Waals surface area contributed by atoms with Crippen molar-refractivity contribution in [2.75, 3.05) is 23.4 Å². The van der Waals surface area contributed by atoms with Gasteiger partial charge >= 0.3 is 0 Å². The summed E-state index contributed by atoms with van der Waals surface area (Å²) in [5, 5.41) is 6.75. The van der Waals surface area contributed by atoms with E-state index in [-0.39, 0.29) is 35.9 Å². The molecule has 4 rings (SSSR count).